The summed E-state index contributed by atoms with van der Waals surface area (Å²) in [7, 11) is 1.47. The van der Waals surface area contributed by atoms with E-state index in [1.54, 1.807) is 0 Å². The quantitative estimate of drug-likeness (QED) is 0.525. The average molecular weight is 142 g/mol. The van der Waals surface area contributed by atoms with Crippen LogP contribution in [-0.2, 0) is 0 Å². The molecule has 3 N–H and O–H groups in total. The first-order valence-electron chi connectivity index (χ1n) is 2.56. The Kier molecular flexibility index (Phi) is 1.53. The number of hydrogen-bond acceptors (Lipinski definition) is 5. The van der Waals surface area contributed by atoms with Gasteiger partial charge in [0.1, 0.15) is 0 Å². The molecule has 10 heavy (non-hydrogen) atoms. The maximum absolute atomic E-state index is 10.7. The number of nitrogens with two attached hydrogens (primary N) is 1. The van der Waals surface area contributed by atoms with Crippen LogP contribution < -0.4 is 11.1 Å². The summed E-state index contributed by atoms with van der Waals surface area (Å²) in [6.45, 7) is 0. The summed E-state index contributed by atoms with van der Waals surface area (Å²) < 4.78 is 4.18. The molecule has 1 heterocycles. The molecule has 0 saturated heterocycles. The Bertz CT molecular complexity index is 243. The van der Waals surface area contributed by atoms with Crippen LogP contribution in [0.1, 0.15) is 10.5 Å². The molecule has 0 aromatic carbocycles. The molecule has 0 atom stereocenters. The van der Waals surface area contributed by atoms with Crippen molar-refractivity contribution in [1.82, 2.24) is 15.6 Å². The summed E-state index contributed by atoms with van der Waals surface area (Å²) >= 11 is 0. The van der Waals surface area contributed by atoms with Crippen molar-refractivity contribution in [1.29, 1.82) is 0 Å². The van der Waals surface area contributed by atoms with Gasteiger partial charge in [-0.2, -0.15) is 0 Å². The van der Waals surface area contributed by atoms with Crippen molar-refractivity contribution < 1.29 is 9.42 Å². The minimum atomic E-state index is -0.404. The highest BCUT2D eigenvalue weighted by Gasteiger charge is 2.12. The van der Waals surface area contributed by atoms with Gasteiger partial charge in [-0.3, -0.25) is 4.79 Å². The molecule has 6 heteroatoms. The number of carbonyl (C=O) groups is 1. The van der Waals surface area contributed by atoms with E-state index in [-0.39, 0.29) is 11.5 Å². The first-order valence-corrected chi connectivity index (χ1v) is 2.56. The molecule has 1 rings (SSSR count). The van der Waals surface area contributed by atoms with E-state index in [0.29, 0.717) is 0 Å². The Balaban J connectivity index is 2.93. The average Bonchev–Trinajstić information content (AvgIpc) is 2.34. The molecule has 0 aliphatic heterocycles. The minimum Gasteiger partial charge on any atom is -0.379 e. The maximum Gasteiger partial charge on any atom is 0.277 e. The smallest absolute Gasteiger partial charge is 0.277 e. The summed E-state index contributed by atoms with van der Waals surface area (Å²) in [6.07, 6.45) is 0. The second kappa shape index (κ2) is 2.34. The zero-order valence-electron chi connectivity index (χ0n) is 5.29. The van der Waals surface area contributed by atoms with Crippen LogP contribution in [0.4, 0.5) is 5.82 Å². The molecule has 0 saturated carbocycles. The molecule has 6 nitrogen and oxygen atoms in total. The molecule has 0 unspecified atom stereocenters. The molecule has 0 aliphatic rings. The fourth-order valence-corrected chi connectivity index (χ4v) is 0.471. The first-order chi connectivity index (χ1) is 4.75. The normalized spacial score (nSPS) is 9.30. The molecule has 1 amide bonds. The molecule has 0 fully saturated rings. The van der Waals surface area contributed by atoms with Gasteiger partial charge in [-0.1, -0.05) is 0 Å². The molecule has 1 aromatic rings. The third kappa shape index (κ3) is 0.903. The number of nitrogens with one attached hydrogen (secondary N) is 1. The number of anilines is 1. The van der Waals surface area contributed by atoms with Crippen LogP contribution in [-0.4, -0.2) is 23.3 Å². The van der Waals surface area contributed by atoms with Gasteiger partial charge in [0.05, 0.1) is 0 Å². The van der Waals surface area contributed by atoms with E-state index in [2.05, 4.69) is 20.3 Å². The van der Waals surface area contributed by atoms with Gasteiger partial charge in [0.2, 0.25) is 11.5 Å². The van der Waals surface area contributed by atoms with Crippen molar-refractivity contribution in [3.8, 4) is 0 Å². The van der Waals surface area contributed by atoms with E-state index in [1.165, 1.54) is 7.05 Å². The summed E-state index contributed by atoms with van der Waals surface area (Å²) in [6, 6.07) is 0. The van der Waals surface area contributed by atoms with Gasteiger partial charge in [-0.15, -0.1) is 0 Å². The van der Waals surface area contributed by atoms with E-state index in [1.807, 2.05) is 0 Å². The van der Waals surface area contributed by atoms with Crippen molar-refractivity contribution in [2.24, 2.45) is 0 Å². The molecular formula is C4H6N4O2. The highest BCUT2D eigenvalue weighted by Crippen LogP contribution is 2.01. The van der Waals surface area contributed by atoms with Gasteiger partial charge < -0.3 is 11.1 Å². The van der Waals surface area contributed by atoms with Crippen LogP contribution >= 0.6 is 0 Å². The fraction of sp³-hybridized carbons (Fsp3) is 0.250. The third-order valence-electron chi connectivity index (χ3n) is 0.956. The summed E-state index contributed by atoms with van der Waals surface area (Å²) in [4.78, 5) is 10.7. The highest BCUT2D eigenvalue weighted by molar-refractivity contribution is 5.95. The van der Waals surface area contributed by atoms with E-state index >= 15 is 0 Å². The van der Waals surface area contributed by atoms with E-state index in [9.17, 15) is 4.79 Å². The summed E-state index contributed by atoms with van der Waals surface area (Å²) in [5, 5.41) is 8.81. The first kappa shape index (κ1) is 6.53. The number of carbonyl (C=O) groups excluding carboxylic acids is 1. The SMILES string of the molecule is CNC(=O)c1nonc1N. The van der Waals surface area contributed by atoms with Gasteiger partial charge in [0.15, 0.2) is 0 Å². The molecule has 0 aliphatic carbocycles. The van der Waals surface area contributed by atoms with Crippen LogP contribution in [0, 0.1) is 0 Å². The molecule has 0 radical (unpaired) electrons. The molecule has 54 valence electrons. The Morgan fingerprint density at radius 2 is 2.40 bits per heavy atom. The lowest BCUT2D eigenvalue weighted by atomic mass is 10.4. The van der Waals surface area contributed by atoms with Crippen LogP contribution in [0.2, 0.25) is 0 Å². The van der Waals surface area contributed by atoms with Gasteiger partial charge in [-0.05, 0) is 10.3 Å². The van der Waals surface area contributed by atoms with Crippen LogP contribution in [0.15, 0.2) is 4.63 Å². The largest absolute Gasteiger partial charge is 0.379 e. The van der Waals surface area contributed by atoms with Gasteiger partial charge in [0.25, 0.3) is 5.91 Å². The maximum atomic E-state index is 10.7. The molecular weight excluding hydrogens is 136 g/mol. The molecule has 0 bridgehead atoms. The fourth-order valence-electron chi connectivity index (χ4n) is 0.471. The predicted molar refractivity (Wildman–Crippen MR) is 32.1 cm³/mol. The zero-order chi connectivity index (χ0) is 7.56. The Labute approximate surface area is 56.3 Å². The van der Waals surface area contributed by atoms with Crippen molar-refractivity contribution in [2.75, 3.05) is 12.8 Å². The highest BCUT2D eigenvalue weighted by atomic mass is 16.6. The summed E-state index contributed by atoms with van der Waals surface area (Å²) in [5.74, 6) is -0.405. The molecule has 0 spiro atoms. The lowest BCUT2D eigenvalue weighted by molar-refractivity contribution is 0.0954. The van der Waals surface area contributed by atoms with Crippen molar-refractivity contribution >= 4 is 11.7 Å². The topological polar surface area (TPSA) is 94.0 Å². The van der Waals surface area contributed by atoms with E-state index in [4.69, 9.17) is 5.73 Å². The van der Waals surface area contributed by atoms with Crippen LogP contribution in [0.25, 0.3) is 0 Å². The van der Waals surface area contributed by atoms with E-state index < -0.39 is 5.91 Å². The number of nitrogens with zero attached hydrogens (tertiary/aromatic N) is 2. The minimum absolute atomic E-state index is 0.000602. The standard InChI is InChI=1S/C4H6N4O2/c1-6-4(9)2-3(5)8-10-7-2/h1H3,(H2,5,8)(H,6,9). The van der Waals surface area contributed by atoms with E-state index in [0.717, 1.165) is 0 Å². The second-order valence-corrected chi connectivity index (χ2v) is 1.58. The van der Waals surface area contributed by atoms with Crippen molar-refractivity contribution in [3.63, 3.8) is 0 Å². The Morgan fingerprint density at radius 1 is 1.70 bits per heavy atom. The lowest BCUT2D eigenvalue weighted by Gasteiger charge is -1.90. The Hall–Kier alpha value is -1.59. The second-order valence-electron chi connectivity index (χ2n) is 1.58. The molecule has 1 aromatic heterocycles. The van der Waals surface area contributed by atoms with Crippen molar-refractivity contribution in [3.05, 3.63) is 5.69 Å². The number of amides is 1. The number of nitrogen functional groups attached to an aromatic ring is 1. The zero-order valence-corrected chi connectivity index (χ0v) is 5.29. The third-order valence-corrected chi connectivity index (χ3v) is 0.956. The van der Waals surface area contributed by atoms with Crippen LogP contribution in [0.3, 0.4) is 0 Å². The van der Waals surface area contributed by atoms with Gasteiger partial charge >= 0.3 is 0 Å². The van der Waals surface area contributed by atoms with Gasteiger partial charge in [-0.25, -0.2) is 4.63 Å². The monoisotopic (exact) mass is 142 g/mol. The lowest BCUT2D eigenvalue weighted by Crippen LogP contribution is -2.19. The Morgan fingerprint density at radius 3 is 2.80 bits per heavy atom. The van der Waals surface area contributed by atoms with Crippen molar-refractivity contribution in [2.45, 2.75) is 0 Å². The number of hydrogen-bond donors (Lipinski definition) is 2. The number of rotatable bonds is 1. The summed E-state index contributed by atoms with van der Waals surface area (Å²) in [5.41, 5.74) is 5.21. The van der Waals surface area contributed by atoms with Gasteiger partial charge in [0, 0.05) is 7.05 Å². The predicted octanol–water partition coefficient (Wildman–Crippen LogP) is -0.989. The van der Waals surface area contributed by atoms with Crippen LogP contribution in [0.5, 0.6) is 0 Å². The number of aromatic nitrogens is 2.